The van der Waals surface area contributed by atoms with E-state index in [4.69, 9.17) is 4.98 Å². The van der Waals surface area contributed by atoms with Gasteiger partial charge in [-0.25, -0.2) is 9.97 Å². The smallest absolute Gasteiger partial charge is 0.134 e. The van der Waals surface area contributed by atoms with Gasteiger partial charge in [-0.3, -0.25) is 0 Å². The van der Waals surface area contributed by atoms with Crippen molar-refractivity contribution in [1.29, 1.82) is 0 Å². The summed E-state index contributed by atoms with van der Waals surface area (Å²) in [5.74, 6) is 2.91. The van der Waals surface area contributed by atoms with Crippen LogP contribution in [0.1, 0.15) is 39.4 Å². The summed E-state index contributed by atoms with van der Waals surface area (Å²) >= 11 is 0. The van der Waals surface area contributed by atoms with Crippen molar-refractivity contribution in [2.45, 2.75) is 40.0 Å². The SMILES string of the molecule is CCCNc1cc(N(CC)CCCN(C)C)nc(CC)n1. The van der Waals surface area contributed by atoms with Crippen molar-refractivity contribution in [2.75, 3.05) is 50.5 Å². The fourth-order valence-corrected chi connectivity index (χ4v) is 2.16. The number of aromatic nitrogens is 2. The van der Waals surface area contributed by atoms with Gasteiger partial charge in [-0.1, -0.05) is 13.8 Å². The molecule has 0 amide bonds. The summed E-state index contributed by atoms with van der Waals surface area (Å²) < 4.78 is 0. The lowest BCUT2D eigenvalue weighted by Gasteiger charge is -2.24. The molecule has 0 spiro atoms. The summed E-state index contributed by atoms with van der Waals surface area (Å²) in [4.78, 5) is 13.8. The van der Waals surface area contributed by atoms with Crippen molar-refractivity contribution in [1.82, 2.24) is 14.9 Å². The Morgan fingerprint density at radius 1 is 1.10 bits per heavy atom. The first kappa shape index (κ1) is 17.7. The predicted octanol–water partition coefficient (Wildman–Crippen LogP) is 2.64. The first-order valence-corrected chi connectivity index (χ1v) is 8.12. The first-order valence-electron chi connectivity index (χ1n) is 8.12. The lowest BCUT2D eigenvalue weighted by Crippen LogP contribution is -2.28. The molecule has 0 fully saturated rings. The molecule has 0 bridgehead atoms. The number of hydrogen-bond acceptors (Lipinski definition) is 5. The number of anilines is 2. The number of nitrogens with one attached hydrogen (secondary N) is 1. The van der Waals surface area contributed by atoms with Crippen LogP contribution in [0, 0.1) is 0 Å². The van der Waals surface area contributed by atoms with Crippen LogP contribution in [0.15, 0.2) is 6.07 Å². The molecule has 0 aliphatic heterocycles. The molecule has 0 saturated heterocycles. The Bertz CT molecular complexity index is 406. The minimum atomic E-state index is 0.865. The third-order valence-electron chi connectivity index (χ3n) is 3.37. The van der Waals surface area contributed by atoms with Crippen LogP contribution < -0.4 is 10.2 Å². The zero-order chi connectivity index (χ0) is 15.7. The maximum Gasteiger partial charge on any atom is 0.134 e. The van der Waals surface area contributed by atoms with Crippen molar-refractivity contribution in [2.24, 2.45) is 0 Å². The van der Waals surface area contributed by atoms with E-state index in [0.717, 1.165) is 62.9 Å². The van der Waals surface area contributed by atoms with Gasteiger partial charge in [0, 0.05) is 32.1 Å². The van der Waals surface area contributed by atoms with Gasteiger partial charge in [0.15, 0.2) is 0 Å². The molecule has 0 saturated carbocycles. The Morgan fingerprint density at radius 3 is 2.43 bits per heavy atom. The van der Waals surface area contributed by atoms with Crippen LogP contribution >= 0.6 is 0 Å². The van der Waals surface area contributed by atoms with Crippen LogP contribution in [0.3, 0.4) is 0 Å². The molecule has 5 nitrogen and oxygen atoms in total. The molecule has 0 unspecified atom stereocenters. The molecule has 0 aromatic carbocycles. The van der Waals surface area contributed by atoms with Crippen molar-refractivity contribution in [3.05, 3.63) is 11.9 Å². The van der Waals surface area contributed by atoms with E-state index in [9.17, 15) is 0 Å². The topological polar surface area (TPSA) is 44.3 Å². The summed E-state index contributed by atoms with van der Waals surface area (Å²) in [7, 11) is 4.23. The van der Waals surface area contributed by atoms with E-state index in [2.05, 4.69) is 61.0 Å². The number of aryl methyl sites for hydroxylation is 1. The molecule has 1 aromatic heterocycles. The second-order valence-electron chi connectivity index (χ2n) is 5.54. The standard InChI is InChI=1S/C16H31N5/c1-6-10-17-15-13-16(19-14(7-2)18-15)21(8-3)12-9-11-20(4)5/h13H,6-12H2,1-5H3,(H,17,18,19). The molecule has 120 valence electrons. The highest BCUT2D eigenvalue weighted by molar-refractivity contribution is 5.49. The molecule has 0 aliphatic rings. The van der Waals surface area contributed by atoms with Gasteiger partial charge in [0.25, 0.3) is 0 Å². The van der Waals surface area contributed by atoms with Gasteiger partial charge in [-0.05, 0) is 40.4 Å². The molecule has 21 heavy (non-hydrogen) atoms. The Kier molecular flexibility index (Phi) is 8.05. The molecule has 1 N–H and O–H groups in total. The molecule has 5 heteroatoms. The summed E-state index contributed by atoms with van der Waals surface area (Å²) in [6.07, 6.45) is 3.11. The maximum atomic E-state index is 4.69. The van der Waals surface area contributed by atoms with Gasteiger partial charge in [0.1, 0.15) is 17.5 Å². The largest absolute Gasteiger partial charge is 0.370 e. The van der Waals surface area contributed by atoms with E-state index in [1.165, 1.54) is 0 Å². The van der Waals surface area contributed by atoms with Gasteiger partial charge >= 0.3 is 0 Å². The Hall–Kier alpha value is -1.36. The molecule has 0 atom stereocenters. The second kappa shape index (κ2) is 9.55. The van der Waals surface area contributed by atoms with E-state index < -0.39 is 0 Å². The van der Waals surface area contributed by atoms with E-state index in [0.29, 0.717) is 0 Å². The molecular weight excluding hydrogens is 262 g/mol. The molecule has 1 aromatic rings. The van der Waals surface area contributed by atoms with Crippen LogP contribution in [-0.4, -0.2) is 55.1 Å². The third-order valence-corrected chi connectivity index (χ3v) is 3.37. The molecular formula is C16H31N5. The minimum Gasteiger partial charge on any atom is -0.370 e. The quantitative estimate of drug-likeness (QED) is 0.718. The monoisotopic (exact) mass is 293 g/mol. The summed E-state index contributed by atoms with van der Waals surface area (Å²) in [6, 6.07) is 2.08. The van der Waals surface area contributed by atoms with Crippen molar-refractivity contribution in [3.8, 4) is 0 Å². The Morgan fingerprint density at radius 2 is 1.86 bits per heavy atom. The average molecular weight is 293 g/mol. The Balaban J connectivity index is 2.80. The van der Waals surface area contributed by atoms with Crippen LogP contribution in [0.5, 0.6) is 0 Å². The zero-order valence-electron chi connectivity index (χ0n) is 14.3. The maximum absolute atomic E-state index is 4.69. The van der Waals surface area contributed by atoms with E-state index >= 15 is 0 Å². The Labute approximate surface area is 129 Å². The highest BCUT2D eigenvalue weighted by Crippen LogP contribution is 2.17. The van der Waals surface area contributed by atoms with Crippen LogP contribution in [0.4, 0.5) is 11.6 Å². The van der Waals surface area contributed by atoms with E-state index in [-0.39, 0.29) is 0 Å². The average Bonchev–Trinajstić information content (AvgIpc) is 2.48. The molecule has 1 heterocycles. The zero-order valence-corrected chi connectivity index (χ0v) is 14.3. The van der Waals surface area contributed by atoms with Crippen molar-refractivity contribution in [3.63, 3.8) is 0 Å². The number of hydrogen-bond donors (Lipinski definition) is 1. The molecule has 1 rings (SSSR count). The number of nitrogens with zero attached hydrogens (tertiary/aromatic N) is 4. The van der Waals surface area contributed by atoms with Crippen molar-refractivity contribution < 1.29 is 0 Å². The summed E-state index contributed by atoms with van der Waals surface area (Å²) in [5, 5.41) is 3.38. The minimum absolute atomic E-state index is 0.865. The van der Waals surface area contributed by atoms with Gasteiger partial charge in [0.2, 0.25) is 0 Å². The fraction of sp³-hybridized carbons (Fsp3) is 0.750. The fourth-order valence-electron chi connectivity index (χ4n) is 2.16. The lowest BCUT2D eigenvalue weighted by molar-refractivity contribution is 0.400. The lowest BCUT2D eigenvalue weighted by atomic mass is 10.3. The van der Waals surface area contributed by atoms with Crippen LogP contribution in [0.25, 0.3) is 0 Å². The van der Waals surface area contributed by atoms with E-state index in [1.54, 1.807) is 0 Å². The van der Waals surface area contributed by atoms with Crippen LogP contribution in [0.2, 0.25) is 0 Å². The number of rotatable bonds is 10. The van der Waals surface area contributed by atoms with Crippen LogP contribution in [-0.2, 0) is 6.42 Å². The second-order valence-corrected chi connectivity index (χ2v) is 5.54. The molecule has 0 aliphatic carbocycles. The van der Waals surface area contributed by atoms with Gasteiger partial charge < -0.3 is 15.1 Å². The van der Waals surface area contributed by atoms with Crippen molar-refractivity contribution >= 4 is 11.6 Å². The first-order chi connectivity index (χ1) is 10.1. The summed E-state index contributed by atoms with van der Waals surface area (Å²) in [5.41, 5.74) is 0. The molecule has 0 radical (unpaired) electrons. The normalized spacial score (nSPS) is 11.0. The highest BCUT2D eigenvalue weighted by atomic mass is 15.2. The summed E-state index contributed by atoms with van der Waals surface area (Å²) in [6.45, 7) is 10.5. The third kappa shape index (κ3) is 6.29. The predicted molar refractivity (Wildman–Crippen MR) is 91.2 cm³/mol. The van der Waals surface area contributed by atoms with E-state index in [1.807, 2.05) is 0 Å². The van der Waals surface area contributed by atoms with Gasteiger partial charge in [-0.15, -0.1) is 0 Å². The van der Waals surface area contributed by atoms with Gasteiger partial charge in [0.05, 0.1) is 0 Å². The van der Waals surface area contributed by atoms with Gasteiger partial charge in [-0.2, -0.15) is 0 Å². The highest BCUT2D eigenvalue weighted by Gasteiger charge is 2.10.